The van der Waals surface area contributed by atoms with Crippen molar-refractivity contribution in [2.45, 2.75) is 38.5 Å². The van der Waals surface area contributed by atoms with Gasteiger partial charge in [-0.15, -0.1) is 0 Å². The normalized spacial score (nSPS) is 18.6. The van der Waals surface area contributed by atoms with Gasteiger partial charge in [0.15, 0.2) is 5.65 Å². The number of ether oxygens (including phenoxy) is 2. The van der Waals surface area contributed by atoms with Crippen molar-refractivity contribution < 1.29 is 9.47 Å². The maximum Gasteiger partial charge on any atom is 0.161 e. The van der Waals surface area contributed by atoms with Crippen molar-refractivity contribution in [1.82, 2.24) is 14.5 Å². The Balaban J connectivity index is 1.63. The van der Waals surface area contributed by atoms with Crippen LogP contribution in [0.25, 0.3) is 11.2 Å². The van der Waals surface area contributed by atoms with Gasteiger partial charge < -0.3 is 9.47 Å². The molecule has 3 heterocycles. The lowest BCUT2D eigenvalue weighted by atomic mass is 10.2. The molecule has 5 nitrogen and oxygen atoms in total. The Morgan fingerprint density at radius 2 is 2.20 bits per heavy atom. The van der Waals surface area contributed by atoms with Gasteiger partial charge in [-0.05, 0) is 12.1 Å². The molecule has 1 fully saturated rings. The molecule has 6 heteroatoms. The monoisotopic (exact) mass is 291 g/mol. The second kappa shape index (κ2) is 5.27. The Kier molecular flexibility index (Phi) is 3.62. The molecule has 0 bridgehead atoms. The fourth-order valence-corrected chi connectivity index (χ4v) is 2.77. The highest BCUT2D eigenvalue weighted by Gasteiger charge is 2.25. The summed E-state index contributed by atoms with van der Waals surface area (Å²) in [6, 6.07) is 3.23. The highest BCUT2D eigenvalue weighted by Crippen LogP contribution is 2.30. The first-order chi connectivity index (χ1) is 9.53. The van der Waals surface area contributed by atoms with E-state index < -0.39 is 8.07 Å². The van der Waals surface area contributed by atoms with Gasteiger partial charge in [-0.1, -0.05) is 19.6 Å². The van der Waals surface area contributed by atoms with Crippen LogP contribution in [0.3, 0.4) is 0 Å². The second-order valence-corrected chi connectivity index (χ2v) is 12.1. The van der Waals surface area contributed by atoms with Crippen LogP contribution in [0.4, 0.5) is 0 Å². The molecule has 0 spiro atoms. The molecule has 0 aliphatic carbocycles. The molecule has 3 rings (SSSR count). The first-order valence-corrected chi connectivity index (χ1v) is 10.7. The molecule has 2 aromatic heterocycles. The lowest BCUT2D eigenvalue weighted by molar-refractivity contribution is 0.0895. The van der Waals surface area contributed by atoms with Crippen molar-refractivity contribution in [3.8, 4) is 0 Å². The molecule has 1 aliphatic heterocycles. The van der Waals surface area contributed by atoms with E-state index >= 15 is 0 Å². The summed E-state index contributed by atoms with van der Waals surface area (Å²) >= 11 is 0. The highest BCUT2D eigenvalue weighted by atomic mass is 28.3. The minimum atomic E-state index is -1.03. The summed E-state index contributed by atoms with van der Waals surface area (Å²) in [5.74, 6) is 0. The number of hydrogen-bond donors (Lipinski definition) is 0. The van der Waals surface area contributed by atoms with Crippen molar-refractivity contribution in [2.24, 2.45) is 0 Å². The minimum Gasteiger partial charge on any atom is -0.368 e. The molecule has 0 radical (unpaired) electrons. The number of epoxide rings is 1. The molecular formula is C14H21N3O2Si. The molecule has 1 saturated heterocycles. The molecule has 2 aromatic rings. The van der Waals surface area contributed by atoms with Crippen molar-refractivity contribution in [1.29, 1.82) is 0 Å². The van der Waals surface area contributed by atoms with E-state index in [9.17, 15) is 0 Å². The fourth-order valence-electron chi connectivity index (χ4n) is 2.02. The quantitative estimate of drug-likeness (QED) is 0.466. The Morgan fingerprint density at radius 3 is 2.90 bits per heavy atom. The smallest absolute Gasteiger partial charge is 0.161 e. The van der Waals surface area contributed by atoms with E-state index in [0.29, 0.717) is 6.73 Å². The third kappa shape index (κ3) is 3.25. The fraction of sp³-hybridized carbons (Fsp3) is 0.571. The standard InChI is InChI=1S/C14H21N3O2Si/c1-20(2,3)5-4-18-10-17-9-16-12-6-11(13-8-19-13)7-15-14(12)17/h6-7,9,13H,4-5,8,10H2,1-3H3. The highest BCUT2D eigenvalue weighted by molar-refractivity contribution is 6.76. The molecule has 0 saturated carbocycles. The van der Waals surface area contributed by atoms with Gasteiger partial charge in [0, 0.05) is 26.4 Å². The first kappa shape index (κ1) is 13.7. The van der Waals surface area contributed by atoms with Crippen LogP contribution in [0, 0.1) is 0 Å². The van der Waals surface area contributed by atoms with Crippen LogP contribution >= 0.6 is 0 Å². The lowest BCUT2D eigenvalue weighted by Gasteiger charge is -2.15. The van der Waals surface area contributed by atoms with Crippen molar-refractivity contribution in [3.05, 3.63) is 24.2 Å². The van der Waals surface area contributed by atoms with Crippen LogP contribution in [0.5, 0.6) is 0 Å². The molecule has 0 aromatic carbocycles. The summed E-state index contributed by atoms with van der Waals surface area (Å²) in [4.78, 5) is 8.87. The zero-order valence-corrected chi connectivity index (χ0v) is 13.3. The van der Waals surface area contributed by atoms with Gasteiger partial charge in [0.25, 0.3) is 0 Å². The van der Waals surface area contributed by atoms with E-state index in [1.54, 1.807) is 6.33 Å². The van der Waals surface area contributed by atoms with Crippen molar-refractivity contribution in [3.63, 3.8) is 0 Å². The predicted molar refractivity (Wildman–Crippen MR) is 80.3 cm³/mol. The first-order valence-electron chi connectivity index (χ1n) is 7.03. The molecule has 0 amide bonds. The number of hydrogen-bond acceptors (Lipinski definition) is 4. The number of imidazole rings is 1. The molecule has 20 heavy (non-hydrogen) atoms. The number of pyridine rings is 1. The number of nitrogens with zero attached hydrogens (tertiary/aromatic N) is 3. The molecule has 1 atom stereocenters. The van der Waals surface area contributed by atoms with Gasteiger partial charge in [0.2, 0.25) is 0 Å². The van der Waals surface area contributed by atoms with Gasteiger partial charge in [-0.3, -0.25) is 4.57 Å². The zero-order valence-electron chi connectivity index (χ0n) is 12.3. The van der Waals surface area contributed by atoms with Crippen LogP contribution in [0.15, 0.2) is 18.6 Å². The van der Waals surface area contributed by atoms with E-state index in [1.807, 2.05) is 10.8 Å². The van der Waals surface area contributed by atoms with Crippen LogP contribution in [-0.2, 0) is 16.2 Å². The molecule has 0 N–H and O–H groups in total. The Labute approximate surface area is 119 Å². The molecule has 1 aliphatic rings. The largest absolute Gasteiger partial charge is 0.368 e. The summed E-state index contributed by atoms with van der Waals surface area (Å²) in [7, 11) is -1.03. The number of fused-ring (bicyclic) bond motifs is 1. The van der Waals surface area contributed by atoms with Crippen LogP contribution in [0.1, 0.15) is 11.7 Å². The third-order valence-corrected chi connectivity index (χ3v) is 5.11. The van der Waals surface area contributed by atoms with Gasteiger partial charge in [-0.25, -0.2) is 9.97 Å². The average Bonchev–Trinajstić information content (AvgIpc) is 3.15. The summed E-state index contributed by atoms with van der Waals surface area (Å²) < 4.78 is 13.0. The van der Waals surface area contributed by atoms with Gasteiger partial charge in [0.1, 0.15) is 18.4 Å². The van der Waals surface area contributed by atoms with Gasteiger partial charge in [0.05, 0.1) is 12.9 Å². The summed E-state index contributed by atoms with van der Waals surface area (Å²) in [5.41, 5.74) is 2.90. The van der Waals surface area contributed by atoms with Crippen molar-refractivity contribution in [2.75, 3.05) is 13.2 Å². The maximum atomic E-state index is 5.75. The van der Waals surface area contributed by atoms with Crippen molar-refractivity contribution >= 4 is 19.2 Å². The van der Waals surface area contributed by atoms with Crippen LogP contribution in [0.2, 0.25) is 25.7 Å². The van der Waals surface area contributed by atoms with Crippen LogP contribution in [-0.4, -0.2) is 35.8 Å². The molecular weight excluding hydrogens is 270 g/mol. The Bertz CT molecular complexity index is 602. The SMILES string of the molecule is C[Si](C)(C)CCOCn1cnc2cc(C3CO3)cnc21. The summed E-state index contributed by atoms with van der Waals surface area (Å²) in [5, 5.41) is 0. The van der Waals surface area contributed by atoms with Gasteiger partial charge >= 0.3 is 0 Å². The predicted octanol–water partition coefficient (Wildman–Crippen LogP) is 2.81. The van der Waals surface area contributed by atoms with Crippen LogP contribution < -0.4 is 0 Å². The topological polar surface area (TPSA) is 52.5 Å². The van der Waals surface area contributed by atoms with E-state index in [-0.39, 0.29) is 6.10 Å². The lowest BCUT2D eigenvalue weighted by Crippen LogP contribution is -2.22. The molecule has 1 unspecified atom stereocenters. The third-order valence-electron chi connectivity index (χ3n) is 3.41. The average molecular weight is 291 g/mol. The number of aromatic nitrogens is 3. The van der Waals surface area contributed by atoms with E-state index in [2.05, 4.69) is 35.7 Å². The van der Waals surface area contributed by atoms with E-state index in [1.165, 1.54) is 6.04 Å². The zero-order chi connectivity index (χ0) is 14.2. The summed E-state index contributed by atoms with van der Waals surface area (Å²) in [6.07, 6.45) is 3.90. The minimum absolute atomic E-state index is 0.227. The summed E-state index contributed by atoms with van der Waals surface area (Å²) in [6.45, 7) is 9.19. The molecule has 108 valence electrons. The Morgan fingerprint density at radius 1 is 1.40 bits per heavy atom. The Hall–Kier alpha value is -1.24. The van der Waals surface area contributed by atoms with E-state index in [0.717, 1.165) is 29.9 Å². The number of rotatable bonds is 6. The maximum absolute atomic E-state index is 5.75. The van der Waals surface area contributed by atoms with E-state index in [4.69, 9.17) is 9.47 Å². The van der Waals surface area contributed by atoms with Gasteiger partial charge in [-0.2, -0.15) is 0 Å². The second-order valence-electron chi connectivity index (χ2n) is 6.50.